The molecule has 0 unspecified atom stereocenters. The fourth-order valence-electron chi connectivity index (χ4n) is 3.28. The van der Waals surface area contributed by atoms with Crippen molar-refractivity contribution in [1.29, 1.82) is 0 Å². The highest BCUT2D eigenvalue weighted by Gasteiger charge is 2.27. The van der Waals surface area contributed by atoms with Gasteiger partial charge in [0.1, 0.15) is 5.82 Å². The number of hydrogen-bond donors (Lipinski definition) is 4. The number of aromatic nitrogens is 3. The van der Waals surface area contributed by atoms with E-state index in [4.69, 9.17) is 9.97 Å². The number of fused-ring (bicyclic) bond motifs is 1. The molecule has 2 aliphatic rings. The summed E-state index contributed by atoms with van der Waals surface area (Å²) in [4.78, 5) is 13.7. The van der Waals surface area contributed by atoms with Crippen molar-refractivity contribution in [2.75, 3.05) is 31.5 Å². The van der Waals surface area contributed by atoms with Gasteiger partial charge in [-0.1, -0.05) is 0 Å². The number of aliphatic hydroxyl groups is 1. The lowest BCUT2D eigenvalue weighted by Crippen LogP contribution is -2.33. The van der Waals surface area contributed by atoms with Crippen molar-refractivity contribution < 1.29 is 5.11 Å². The van der Waals surface area contributed by atoms with E-state index >= 15 is 0 Å². The highest BCUT2D eigenvalue weighted by Crippen LogP contribution is 2.25. The van der Waals surface area contributed by atoms with E-state index in [1.807, 2.05) is 12.1 Å². The number of nitrogens with zero attached hydrogens (tertiary/aromatic N) is 3. The first-order valence-electron chi connectivity index (χ1n) is 8.47. The van der Waals surface area contributed by atoms with Gasteiger partial charge in [0.25, 0.3) is 0 Å². The summed E-state index contributed by atoms with van der Waals surface area (Å²) in [5.74, 6) is 1.53. The van der Waals surface area contributed by atoms with E-state index in [2.05, 4.69) is 20.9 Å². The molecule has 0 aromatic carbocycles. The number of rotatable bonds is 3. The lowest BCUT2D eigenvalue weighted by Gasteiger charge is -2.20. The number of pyridine rings is 1. The molecule has 2 aromatic rings. The molecular formula is C17H22N6O. The summed E-state index contributed by atoms with van der Waals surface area (Å²) >= 11 is 0. The van der Waals surface area contributed by atoms with Crippen LogP contribution in [0.3, 0.4) is 0 Å². The second kappa shape index (κ2) is 6.80. The molecule has 7 heteroatoms. The van der Waals surface area contributed by atoms with Crippen molar-refractivity contribution in [2.45, 2.75) is 25.0 Å². The van der Waals surface area contributed by atoms with E-state index in [1.165, 1.54) is 0 Å². The number of aliphatic hydroxyl groups excluding tert-OH is 1. The van der Waals surface area contributed by atoms with Gasteiger partial charge in [0.2, 0.25) is 0 Å². The van der Waals surface area contributed by atoms with Crippen LogP contribution in [0.4, 0.5) is 5.82 Å². The molecule has 4 rings (SSSR count). The molecule has 0 spiro atoms. The first-order valence-corrected chi connectivity index (χ1v) is 8.47. The van der Waals surface area contributed by atoms with Crippen LogP contribution in [0.5, 0.6) is 0 Å². The van der Waals surface area contributed by atoms with E-state index in [0.29, 0.717) is 12.4 Å². The topological polar surface area (TPSA) is 95.0 Å². The van der Waals surface area contributed by atoms with Crippen molar-refractivity contribution in [1.82, 2.24) is 25.6 Å². The molecule has 0 radical (unpaired) electrons. The number of hydrogen-bond acceptors (Lipinski definition) is 7. The van der Waals surface area contributed by atoms with Crippen LogP contribution in [0.15, 0.2) is 24.5 Å². The third-order valence-electron chi connectivity index (χ3n) is 4.61. The maximum atomic E-state index is 10.1. The van der Waals surface area contributed by atoms with Crippen LogP contribution in [0.1, 0.15) is 11.3 Å². The van der Waals surface area contributed by atoms with Crippen LogP contribution in [-0.4, -0.2) is 58.4 Å². The molecule has 2 aromatic heterocycles. The maximum absolute atomic E-state index is 10.1. The molecule has 126 valence electrons. The molecule has 2 atom stereocenters. The van der Waals surface area contributed by atoms with Crippen molar-refractivity contribution in [3.63, 3.8) is 0 Å². The van der Waals surface area contributed by atoms with Crippen LogP contribution in [0.2, 0.25) is 0 Å². The summed E-state index contributed by atoms with van der Waals surface area (Å²) in [6.45, 7) is 3.19. The molecule has 7 nitrogen and oxygen atoms in total. The summed E-state index contributed by atoms with van der Waals surface area (Å²) in [6.07, 6.45) is 4.90. The Morgan fingerprint density at radius 1 is 1.12 bits per heavy atom. The SMILES string of the molecule is O[C@@H]1CNC[C@H]1Nc1nc(-c2cccnc2)nc2c1CCNCC2. The normalized spacial score (nSPS) is 23.5. The highest BCUT2D eigenvalue weighted by molar-refractivity contribution is 5.59. The van der Waals surface area contributed by atoms with Gasteiger partial charge < -0.3 is 21.1 Å². The van der Waals surface area contributed by atoms with Crippen LogP contribution in [-0.2, 0) is 12.8 Å². The van der Waals surface area contributed by atoms with E-state index in [-0.39, 0.29) is 6.04 Å². The smallest absolute Gasteiger partial charge is 0.163 e. The summed E-state index contributed by atoms with van der Waals surface area (Å²) in [5.41, 5.74) is 3.15. The Labute approximate surface area is 140 Å². The van der Waals surface area contributed by atoms with E-state index in [9.17, 15) is 5.11 Å². The van der Waals surface area contributed by atoms with Crippen molar-refractivity contribution in [3.05, 3.63) is 35.8 Å². The van der Waals surface area contributed by atoms with Crippen molar-refractivity contribution in [2.24, 2.45) is 0 Å². The van der Waals surface area contributed by atoms with E-state index in [0.717, 1.165) is 55.1 Å². The van der Waals surface area contributed by atoms with Gasteiger partial charge in [0.05, 0.1) is 17.8 Å². The molecule has 0 amide bonds. The third kappa shape index (κ3) is 3.10. The molecule has 24 heavy (non-hydrogen) atoms. The van der Waals surface area contributed by atoms with Crippen molar-refractivity contribution >= 4 is 5.82 Å². The zero-order valence-corrected chi connectivity index (χ0v) is 13.5. The van der Waals surface area contributed by atoms with Crippen LogP contribution in [0.25, 0.3) is 11.4 Å². The first kappa shape index (κ1) is 15.4. The molecule has 4 heterocycles. The van der Waals surface area contributed by atoms with Gasteiger partial charge >= 0.3 is 0 Å². The molecule has 1 fully saturated rings. The fraction of sp³-hybridized carbons (Fsp3) is 0.471. The summed E-state index contributed by atoms with van der Waals surface area (Å²) in [6, 6.07) is 3.84. The minimum absolute atomic E-state index is 0.0260. The van der Waals surface area contributed by atoms with Gasteiger partial charge in [-0.2, -0.15) is 0 Å². The van der Waals surface area contributed by atoms with E-state index in [1.54, 1.807) is 12.4 Å². The number of anilines is 1. The average molecular weight is 326 g/mol. The monoisotopic (exact) mass is 326 g/mol. The minimum Gasteiger partial charge on any atom is -0.390 e. The van der Waals surface area contributed by atoms with Gasteiger partial charge in [-0.15, -0.1) is 0 Å². The van der Waals surface area contributed by atoms with Crippen molar-refractivity contribution in [3.8, 4) is 11.4 Å². The summed E-state index contributed by atoms with van der Waals surface area (Å²) < 4.78 is 0. The Morgan fingerprint density at radius 2 is 2.04 bits per heavy atom. The Balaban J connectivity index is 1.74. The molecule has 0 saturated carbocycles. The first-order chi connectivity index (χ1) is 11.8. The van der Waals surface area contributed by atoms with Crippen LogP contribution in [0, 0.1) is 0 Å². The van der Waals surface area contributed by atoms with Gasteiger partial charge in [-0.25, -0.2) is 9.97 Å². The lowest BCUT2D eigenvalue weighted by atomic mass is 10.1. The fourth-order valence-corrected chi connectivity index (χ4v) is 3.28. The standard InChI is InChI=1S/C17H22N6O/c24-15-10-20-9-14(15)22-17-12-3-6-18-7-4-13(12)21-16(23-17)11-2-1-5-19-8-11/h1-2,5,8,14-15,18,20,24H,3-4,6-7,9-10H2,(H,21,22,23)/t14-,15-/m1/s1. The van der Waals surface area contributed by atoms with Gasteiger partial charge in [-0.05, 0) is 25.1 Å². The molecule has 4 N–H and O–H groups in total. The Morgan fingerprint density at radius 3 is 2.83 bits per heavy atom. The van der Waals surface area contributed by atoms with Gasteiger partial charge in [0.15, 0.2) is 5.82 Å². The molecule has 0 aliphatic carbocycles. The second-order valence-corrected chi connectivity index (χ2v) is 6.29. The summed E-state index contributed by atoms with van der Waals surface area (Å²) in [7, 11) is 0. The predicted octanol–water partition coefficient (Wildman–Crippen LogP) is -0.0286. The zero-order valence-electron chi connectivity index (χ0n) is 13.5. The largest absolute Gasteiger partial charge is 0.390 e. The second-order valence-electron chi connectivity index (χ2n) is 6.29. The van der Waals surface area contributed by atoms with Gasteiger partial charge in [0, 0.05) is 49.6 Å². The zero-order chi connectivity index (χ0) is 16.4. The highest BCUT2D eigenvalue weighted by atomic mass is 16.3. The minimum atomic E-state index is -0.402. The predicted molar refractivity (Wildman–Crippen MR) is 91.8 cm³/mol. The summed E-state index contributed by atoms with van der Waals surface area (Å²) in [5, 5.41) is 20.2. The number of nitrogens with one attached hydrogen (secondary N) is 3. The Hall–Kier alpha value is -2.09. The van der Waals surface area contributed by atoms with Gasteiger partial charge in [-0.3, -0.25) is 4.98 Å². The van der Waals surface area contributed by atoms with Crippen LogP contribution < -0.4 is 16.0 Å². The average Bonchev–Trinajstić information content (AvgIpc) is 2.87. The Bertz CT molecular complexity index is 708. The molecule has 0 bridgehead atoms. The Kier molecular flexibility index (Phi) is 4.38. The van der Waals surface area contributed by atoms with E-state index < -0.39 is 6.10 Å². The molecular weight excluding hydrogens is 304 g/mol. The molecule has 1 saturated heterocycles. The van der Waals surface area contributed by atoms with Crippen LogP contribution >= 0.6 is 0 Å². The lowest BCUT2D eigenvalue weighted by molar-refractivity contribution is 0.185. The number of β-amino-alcohol motifs (C(OH)–C–C–N with tert-alkyl or cyclic N) is 1. The third-order valence-corrected chi connectivity index (χ3v) is 4.61. The molecule has 2 aliphatic heterocycles. The maximum Gasteiger partial charge on any atom is 0.163 e. The quantitative estimate of drug-likeness (QED) is 0.629.